The molecular weight excluding hydrogens is 504 g/mol. The molecule has 196 valence electrons. The number of hydrogen-bond acceptors (Lipinski definition) is 7. The highest BCUT2D eigenvalue weighted by atomic mass is 32.1. The molecule has 1 aliphatic rings. The van der Waals surface area contributed by atoms with Gasteiger partial charge in [0.1, 0.15) is 11.5 Å². The van der Waals surface area contributed by atoms with Crippen LogP contribution in [0.25, 0.3) is 22.4 Å². The van der Waals surface area contributed by atoms with E-state index in [4.69, 9.17) is 9.47 Å². The lowest BCUT2D eigenvalue weighted by atomic mass is 9.86. The van der Waals surface area contributed by atoms with Gasteiger partial charge in [-0.1, -0.05) is 17.4 Å². The Labute approximate surface area is 216 Å². The van der Waals surface area contributed by atoms with Gasteiger partial charge in [-0.3, -0.25) is 14.5 Å². The van der Waals surface area contributed by atoms with Gasteiger partial charge in [-0.05, 0) is 48.9 Å². The van der Waals surface area contributed by atoms with E-state index in [0.29, 0.717) is 48.0 Å². The third kappa shape index (κ3) is 6.28. The standard InChI is InChI=1S/C26H27F2N3O5S/c1-31(25(34)17(12-22(32)33)11-15-7-9-36-10-8-15)26-30-23(24(28)37-26)20-13-18(27)4-5-19(20)16-3-6-21(35-2)29-14-16/h3-6,13-15,17H,7-12H2,1-2H3,(H,32,33)/t17-/m1/s1. The quantitative estimate of drug-likeness (QED) is 0.413. The summed E-state index contributed by atoms with van der Waals surface area (Å²) in [7, 11) is 2.93. The number of thiazole rings is 1. The van der Waals surface area contributed by atoms with Crippen molar-refractivity contribution in [1.82, 2.24) is 9.97 Å². The molecule has 1 saturated heterocycles. The Morgan fingerprint density at radius 1 is 1.22 bits per heavy atom. The first-order valence-electron chi connectivity index (χ1n) is 11.8. The third-order valence-electron chi connectivity index (χ3n) is 6.41. The van der Waals surface area contributed by atoms with Crippen LogP contribution in [0, 0.1) is 22.8 Å². The molecule has 0 saturated carbocycles. The second-order valence-electron chi connectivity index (χ2n) is 8.88. The highest BCUT2D eigenvalue weighted by Gasteiger charge is 2.31. The zero-order valence-corrected chi connectivity index (χ0v) is 21.3. The highest BCUT2D eigenvalue weighted by molar-refractivity contribution is 7.14. The molecule has 4 rings (SSSR count). The van der Waals surface area contributed by atoms with Crippen LogP contribution in [0.4, 0.5) is 13.9 Å². The Kier molecular flexibility index (Phi) is 8.45. The van der Waals surface area contributed by atoms with Gasteiger partial charge in [0, 0.05) is 49.6 Å². The van der Waals surface area contributed by atoms with E-state index in [1.807, 2.05) is 0 Å². The number of benzene rings is 1. The Balaban J connectivity index is 1.63. The van der Waals surface area contributed by atoms with E-state index >= 15 is 4.39 Å². The molecule has 0 bridgehead atoms. The molecular formula is C26H27F2N3O5S. The lowest BCUT2D eigenvalue weighted by Crippen LogP contribution is -2.35. The van der Waals surface area contributed by atoms with E-state index in [0.717, 1.165) is 12.8 Å². The van der Waals surface area contributed by atoms with Gasteiger partial charge in [-0.2, -0.15) is 4.39 Å². The summed E-state index contributed by atoms with van der Waals surface area (Å²) < 4.78 is 39.9. The maximum absolute atomic E-state index is 15.2. The molecule has 1 fully saturated rings. The van der Waals surface area contributed by atoms with Crippen molar-refractivity contribution in [2.24, 2.45) is 11.8 Å². The molecule has 2 aromatic heterocycles. The number of carboxylic acids is 1. The normalized spacial score (nSPS) is 14.8. The fourth-order valence-electron chi connectivity index (χ4n) is 4.46. The first-order valence-corrected chi connectivity index (χ1v) is 12.6. The van der Waals surface area contributed by atoms with Gasteiger partial charge in [0.15, 0.2) is 5.13 Å². The molecule has 0 aliphatic carbocycles. The molecule has 1 amide bonds. The maximum atomic E-state index is 15.2. The van der Waals surface area contributed by atoms with E-state index in [1.54, 1.807) is 12.1 Å². The summed E-state index contributed by atoms with van der Waals surface area (Å²) in [6, 6.07) is 7.31. The summed E-state index contributed by atoms with van der Waals surface area (Å²) in [5, 5.41) is 8.76. The molecule has 0 spiro atoms. The number of ether oxygens (including phenoxy) is 2. The van der Waals surface area contributed by atoms with E-state index in [1.165, 1.54) is 43.5 Å². The second kappa shape index (κ2) is 11.7. The van der Waals surface area contributed by atoms with E-state index < -0.39 is 28.7 Å². The van der Waals surface area contributed by atoms with Crippen molar-refractivity contribution in [1.29, 1.82) is 0 Å². The molecule has 0 unspecified atom stereocenters. The lowest BCUT2D eigenvalue weighted by molar-refractivity contribution is -0.141. The fraction of sp³-hybridized carbons (Fsp3) is 0.385. The van der Waals surface area contributed by atoms with Gasteiger partial charge in [0.25, 0.3) is 0 Å². The SMILES string of the molecule is COc1ccc(-c2ccc(F)cc2-c2nc(N(C)C(=O)[C@@H](CC(=O)O)CC3CCOCC3)sc2F)cn1. The summed E-state index contributed by atoms with van der Waals surface area (Å²) >= 11 is 0.646. The van der Waals surface area contributed by atoms with Crippen LogP contribution < -0.4 is 9.64 Å². The average molecular weight is 532 g/mol. The number of carbonyl (C=O) groups is 2. The number of pyridine rings is 1. The number of nitrogens with zero attached hydrogens (tertiary/aromatic N) is 3. The number of hydrogen-bond donors (Lipinski definition) is 1. The van der Waals surface area contributed by atoms with Gasteiger partial charge in [0.2, 0.25) is 16.9 Å². The first-order chi connectivity index (χ1) is 17.8. The Hall–Kier alpha value is -3.44. The number of carboxylic acid groups (broad SMARTS) is 1. The fourth-order valence-corrected chi connectivity index (χ4v) is 5.24. The summed E-state index contributed by atoms with van der Waals surface area (Å²) in [6.07, 6.45) is 3.11. The van der Waals surface area contributed by atoms with Crippen LogP contribution >= 0.6 is 11.3 Å². The number of halogens is 2. The molecule has 1 aliphatic heterocycles. The van der Waals surface area contributed by atoms with Gasteiger partial charge >= 0.3 is 5.97 Å². The van der Waals surface area contributed by atoms with Crippen molar-refractivity contribution in [3.05, 3.63) is 47.5 Å². The van der Waals surface area contributed by atoms with Gasteiger partial charge in [-0.25, -0.2) is 14.4 Å². The number of carbonyl (C=O) groups excluding carboxylic acids is 1. The minimum absolute atomic E-state index is 0.0583. The van der Waals surface area contributed by atoms with Crippen molar-refractivity contribution in [3.63, 3.8) is 0 Å². The van der Waals surface area contributed by atoms with E-state index in [2.05, 4.69) is 9.97 Å². The van der Waals surface area contributed by atoms with Crippen LogP contribution in [0.3, 0.4) is 0 Å². The van der Waals surface area contributed by atoms with Crippen molar-refractivity contribution in [2.75, 3.05) is 32.3 Å². The number of methoxy groups -OCH3 is 1. The predicted octanol–water partition coefficient (Wildman–Crippen LogP) is 5.03. The zero-order valence-electron chi connectivity index (χ0n) is 20.4. The van der Waals surface area contributed by atoms with Gasteiger partial charge < -0.3 is 14.6 Å². The molecule has 1 aromatic carbocycles. The van der Waals surface area contributed by atoms with Gasteiger partial charge in [-0.15, -0.1) is 0 Å². The molecule has 11 heteroatoms. The Morgan fingerprint density at radius 3 is 2.62 bits per heavy atom. The molecule has 3 heterocycles. The topological polar surface area (TPSA) is 102 Å². The highest BCUT2D eigenvalue weighted by Crippen LogP contribution is 2.38. The molecule has 37 heavy (non-hydrogen) atoms. The molecule has 0 radical (unpaired) electrons. The number of aromatic nitrogens is 2. The Bertz CT molecular complexity index is 1260. The van der Waals surface area contributed by atoms with Crippen LogP contribution in [0.1, 0.15) is 25.7 Å². The maximum Gasteiger partial charge on any atom is 0.304 e. The first kappa shape index (κ1) is 26.6. The number of amides is 1. The van der Waals surface area contributed by atoms with Crippen molar-refractivity contribution >= 4 is 28.3 Å². The zero-order chi connectivity index (χ0) is 26.5. The van der Waals surface area contributed by atoms with Crippen LogP contribution in [0.2, 0.25) is 0 Å². The van der Waals surface area contributed by atoms with Gasteiger partial charge in [0.05, 0.1) is 13.5 Å². The van der Waals surface area contributed by atoms with Crippen molar-refractivity contribution in [3.8, 4) is 28.3 Å². The molecule has 1 atom stereocenters. The summed E-state index contributed by atoms with van der Waals surface area (Å²) in [4.78, 5) is 34.5. The number of rotatable bonds is 9. The molecule has 1 N–H and O–H groups in total. The average Bonchev–Trinajstić information content (AvgIpc) is 3.29. The summed E-state index contributed by atoms with van der Waals surface area (Å²) in [5.41, 5.74) is 1.21. The van der Waals surface area contributed by atoms with E-state index in [-0.39, 0.29) is 28.7 Å². The Morgan fingerprint density at radius 2 is 1.97 bits per heavy atom. The molecule has 8 nitrogen and oxygen atoms in total. The summed E-state index contributed by atoms with van der Waals surface area (Å²) in [5.74, 6) is -2.32. The number of anilines is 1. The smallest absolute Gasteiger partial charge is 0.304 e. The summed E-state index contributed by atoms with van der Waals surface area (Å²) in [6.45, 7) is 1.16. The van der Waals surface area contributed by atoms with E-state index in [9.17, 15) is 19.1 Å². The minimum atomic E-state index is -1.08. The lowest BCUT2D eigenvalue weighted by Gasteiger charge is -2.27. The van der Waals surface area contributed by atoms with Crippen molar-refractivity contribution in [2.45, 2.75) is 25.7 Å². The second-order valence-corrected chi connectivity index (χ2v) is 9.81. The largest absolute Gasteiger partial charge is 0.481 e. The van der Waals surface area contributed by atoms with Crippen LogP contribution in [-0.2, 0) is 14.3 Å². The third-order valence-corrected chi connectivity index (χ3v) is 7.33. The minimum Gasteiger partial charge on any atom is -0.481 e. The number of aliphatic carboxylic acids is 1. The van der Waals surface area contributed by atoms with Crippen LogP contribution in [0.5, 0.6) is 5.88 Å². The van der Waals surface area contributed by atoms with Crippen LogP contribution in [-0.4, -0.2) is 54.3 Å². The monoisotopic (exact) mass is 531 g/mol. The van der Waals surface area contributed by atoms with Crippen LogP contribution in [0.15, 0.2) is 36.5 Å². The predicted molar refractivity (Wildman–Crippen MR) is 135 cm³/mol. The van der Waals surface area contributed by atoms with Crippen molar-refractivity contribution < 1.29 is 33.0 Å². The molecule has 3 aromatic rings.